The fourth-order valence-corrected chi connectivity index (χ4v) is 6.40. The van der Waals surface area contributed by atoms with Crippen molar-refractivity contribution in [3.8, 4) is 0 Å². The van der Waals surface area contributed by atoms with Crippen molar-refractivity contribution in [2.45, 2.75) is 29.0 Å². The van der Waals surface area contributed by atoms with Crippen molar-refractivity contribution in [1.82, 2.24) is 10.3 Å². The molecule has 1 aliphatic heterocycles. The Morgan fingerprint density at radius 3 is 3.00 bits per heavy atom. The zero-order chi connectivity index (χ0) is 16.6. The van der Waals surface area contributed by atoms with Crippen molar-refractivity contribution in [2.24, 2.45) is 0 Å². The third kappa shape index (κ3) is 4.17. The molecule has 23 heavy (non-hydrogen) atoms. The van der Waals surface area contributed by atoms with Crippen molar-refractivity contribution in [2.75, 3.05) is 11.5 Å². The van der Waals surface area contributed by atoms with Crippen LogP contribution in [-0.4, -0.2) is 42.1 Å². The van der Waals surface area contributed by atoms with Gasteiger partial charge in [0.15, 0.2) is 14.2 Å². The zero-order valence-corrected chi connectivity index (χ0v) is 15.5. The Morgan fingerprint density at radius 2 is 2.30 bits per heavy atom. The highest BCUT2D eigenvalue weighted by Crippen LogP contribution is 2.33. The average molecular weight is 391 g/mol. The number of fused-ring (bicyclic) bond motifs is 1. The van der Waals surface area contributed by atoms with E-state index in [1.54, 1.807) is 13.0 Å². The van der Waals surface area contributed by atoms with E-state index >= 15 is 0 Å². The predicted octanol–water partition coefficient (Wildman–Crippen LogP) is 2.73. The summed E-state index contributed by atoms with van der Waals surface area (Å²) in [7, 11) is -2.99. The molecule has 1 N–H and O–H groups in total. The van der Waals surface area contributed by atoms with E-state index in [1.165, 1.54) is 23.1 Å². The van der Waals surface area contributed by atoms with Gasteiger partial charge in [-0.25, -0.2) is 13.4 Å². The van der Waals surface area contributed by atoms with Gasteiger partial charge in [-0.15, -0.1) is 11.3 Å². The van der Waals surface area contributed by atoms with Gasteiger partial charge in [-0.05, 0) is 31.5 Å². The van der Waals surface area contributed by atoms with Crippen LogP contribution in [0.5, 0.6) is 0 Å². The minimum Gasteiger partial charge on any atom is -0.351 e. The van der Waals surface area contributed by atoms with E-state index in [1.807, 2.05) is 12.1 Å². The lowest BCUT2D eigenvalue weighted by Gasteiger charge is -2.14. The largest absolute Gasteiger partial charge is 0.351 e. The highest BCUT2D eigenvalue weighted by Gasteiger charge is 2.30. The number of amides is 1. The van der Waals surface area contributed by atoms with Gasteiger partial charge < -0.3 is 5.32 Å². The summed E-state index contributed by atoms with van der Waals surface area (Å²) in [6, 6.07) is 5.25. The van der Waals surface area contributed by atoms with Crippen molar-refractivity contribution >= 4 is 60.7 Å². The van der Waals surface area contributed by atoms with Crippen LogP contribution in [0.3, 0.4) is 0 Å². The summed E-state index contributed by atoms with van der Waals surface area (Å²) >= 11 is 8.83. The molecule has 1 aromatic carbocycles. The van der Waals surface area contributed by atoms with Gasteiger partial charge in [0.2, 0.25) is 5.91 Å². The number of nitrogens with one attached hydrogen (secondary N) is 1. The SMILES string of the molecule is C[C@@H](Sc1nc2cc(Cl)ccc2s1)C(=O)N[C@@H]1CCS(=O)(=O)C1. The van der Waals surface area contributed by atoms with Crippen molar-refractivity contribution in [3.05, 3.63) is 23.2 Å². The van der Waals surface area contributed by atoms with Gasteiger partial charge in [-0.1, -0.05) is 23.4 Å². The third-order valence-electron chi connectivity index (χ3n) is 3.56. The maximum atomic E-state index is 12.2. The van der Waals surface area contributed by atoms with E-state index in [4.69, 9.17) is 11.6 Å². The molecule has 0 aliphatic carbocycles. The first-order valence-corrected chi connectivity index (χ1v) is 11.0. The summed E-state index contributed by atoms with van der Waals surface area (Å²) in [6.45, 7) is 1.79. The molecule has 2 heterocycles. The summed E-state index contributed by atoms with van der Waals surface area (Å²) in [6.07, 6.45) is 0.491. The third-order valence-corrected chi connectivity index (χ3v) is 7.79. The Balaban J connectivity index is 1.63. The van der Waals surface area contributed by atoms with Crippen molar-refractivity contribution in [1.29, 1.82) is 0 Å². The number of sulfone groups is 1. The molecule has 0 unspecified atom stereocenters. The molecule has 124 valence electrons. The molecule has 1 aromatic heterocycles. The Kier molecular flexibility index (Phi) is 4.87. The molecule has 1 fully saturated rings. The number of rotatable bonds is 4. The number of halogens is 1. The van der Waals surface area contributed by atoms with Gasteiger partial charge in [-0.2, -0.15) is 0 Å². The maximum absolute atomic E-state index is 12.2. The second-order valence-electron chi connectivity index (χ2n) is 5.46. The first-order chi connectivity index (χ1) is 10.8. The van der Waals surface area contributed by atoms with E-state index in [0.717, 1.165) is 14.6 Å². The summed E-state index contributed by atoms with van der Waals surface area (Å²) in [5.74, 6) is 0.0304. The van der Waals surface area contributed by atoms with Gasteiger partial charge in [0, 0.05) is 11.1 Å². The molecular weight excluding hydrogens is 376 g/mol. The molecule has 0 spiro atoms. The van der Waals surface area contributed by atoms with Crippen LogP contribution in [0, 0.1) is 0 Å². The topological polar surface area (TPSA) is 76.1 Å². The van der Waals surface area contributed by atoms with Gasteiger partial charge >= 0.3 is 0 Å². The number of aromatic nitrogens is 1. The molecule has 0 saturated carbocycles. The fourth-order valence-electron chi connectivity index (χ4n) is 2.36. The molecule has 1 amide bonds. The van der Waals surface area contributed by atoms with Gasteiger partial charge in [0.1, 0.15) is 0 Å². The quantitative estimate of drug-likeness (QED) is 0.812. The molecule has 9 heteroatoms. The lowest BCUT2D eigenvalue weighted by atomic mass is 10.2. The second kappa shape index (κ2) is 6.58. The lowest BCUT2D eigenvalue weighted by Crippen LogP contribution is -2.39. The Morgan fingerprint density at radius 1 is 1.52 bits per heavy atom. The first-order valence-electron chi connectivity index (χ1n) is 7.06. The van der Waals surface area contributed by atoms with Crippen LogP contribution in [-0.2, 0) is 14.6 Å². The van der Waals surface area contributed by atoms with Gasteiger partial charge in [0.25, 0.3) is 0 Å². The standard InChI is InChI=1S/C14H15ClN2O3S3/c1-8(13(18)16-10-4-5-23(19,20)7-10)21-14-17-11-6-9(15)2-3-12(11)22-14/h2-3,6,8,10H,4-5,7H2,1H3,(H,16,18)/t8-,10-/m1/s1. The average Bonchev–Trinajstić information content (AvgIpc) is 3.00. The van der Waals surface area contributed by atoms with Crippen LogP contribution in [0.4, 0.5) is 0 Å². The van der Waals surface area contributed by atoms with Crippen molar-refractivity contribution < 1.29 is 13.2 Å². The summed E-state index contributed by atoms with van der Waals surface area (Å²) < 4.78 is 24.7. The lowest BCUT2D eigenvalue weighted by molar-refractivity contribution is -0.120. The van der Waals surface area contributed by atoms with Crippen LogP contribution in [0.15, 0.2) is 22.5 Å². The smallest absolute Gasteiger partial charge is 0.233 e. The van der Waals surface area contributed by atoms with Crippen LogP contribution < -0.4 is 5.32 Å². The van der Waals surface area contributed by atoms with Crippen LogP contribution in [0.2, 0.25) is 5.02 Å². The number of hydrogen-bond acceptors (Lipinski definition) is 6. The molecule has 0 radical (unpaired) electrons. The van der Waals surface area contributed by atoms with Crippen LogP contribution >= 0.6 is 34.7 Å². The first kappa shape index (κ1) is 17.0. The molecule has 2 atom stereocenters. The molecule has 0 bridgehead atoms. The number of hydrogen-bond donors (Lipinski definition) is 1. The molecule has 3 rings (SSSR count). The number of benzene rings is 1. The zero-order valence-electron chi connectivity index (χ0n) is 12.3. The number of carbonyl (C=O) groups excluding carboxylic acids is 1. The molecule has 1 saturated heterocycles. The Labute approximate surface area is 147 Å². The summed E-state index contributed by atoms with van der Waals surface area (Å²) in [4.78, 5) is 16.7. The minimum atomic E-state index is -2.99. The van der Waals surface area contributed by atoms with Crippen LogP contribution in [0.1, 0.15) is 13.3 Å². The van der Waals surface area contributed by atoms with E-state index in [9.17, 15) is 13.2 Å². The monoisotopic (exact) mass is 390 g/mol. The molecular formula is C14H15ClN2O3S3. The predicted molar refractivity (Wildman–Crippen MR) is 95.2 cm³/mol. The summed E-state index contributed by atoms with van der Waals surface area (Å²) in [5, 5.41) is 3.11. The molecule has 5 nitrogen and oxygen atoms in total. The normalized spacial score (nSPS) is 21.4. The van der Waals surface area contributed by atoms with E-state index in [-0.39, 0.29) is 28.7 Å². The molecule has 2 aromatic rings. The Hall–Kier alpha value is -0.830. The van der Waals surface area contributed by atoms with Gasteiger partial charge in [0.05, 0.1) is 27.0 Å². The minimum absolute atomic E-state index is 0.0375. The fraction of sp³-hybridized carbons (Fsp3) is 0.429. The van der Waals surface area contributed by atoms with E-state index < -0.39 is 9.84 Å². The number of nitrogens with zero attached hydrogens (tertiary/aromatic N) is 1. The number of thiazole rings is 1. The van der Waals surface area contributed by atoms with E-state index in [2.05, 4.69) is 10.3 Å². The molecule has 1 aliphatic rings. The van der Waals surface area contributed by atoms with Crippen LogP contribution in [0.25, 0.3) is 10.2 Å². The number of carbonyl (C=O) groups is 1. The summed E-state index contributed by atoms with van der Waals surface area (Å²) in [5.41, 5.74) is 0.819. The number of thioether (sulfide) groups is 1. The van der Waals surface area contributed by atoms with Crippen molar-refractivity contribution in [3.63, 3.8) is 0 Å². The highest BCUT2D eigenvalue weighted by atomic mass is 35.5. The highest BCUT2D eigenvalue weighted by molar-refractivity contribution is 8.02. The Bertz CT molecular complexity index is 850. The van der Waals surface area contributed by atoms with E-state index in [0.29, 0.717) is 11.4 Å². The van der Waals surface area contributed by atoms with Gasteiger partial charge in [-0.3, -0.25) is 4.79 Å². The second-order valence-corrected chi connectivity index (χ2v) is 10.7. The maximum Gasteiger partial charge on any atom is 0.233 e.